The van der Waals surface area contributed by atoms with E-state index in [1.165, 1.54) is 12.0 Å². The minimum absolute atomic E-state index is 0.473. The molecule has 25 heavy (non-hydrogen) atoms. The van der Waals surface area contributed by atoms with Crippen molar-refractivity contribution in [3.63, 3.8) is 0 Å². The highest BCUT2D eigenvalue weighted by Crippen LogP contribution is 2.28. The third-order valence-electron chi connectivity index (χ3n) is 4.84. The fourth-order valence-electron chi connectivity index (χ4n) is 3.28. The molecule has 5 nitrogen and oxygen atoms in total. The van der Waals surface area contributed by atoms with Gasteiger partial charge in [0.1, 0.15) is 5.75 Å². The minimum Gasteiger partial charge on any atom is -0.496 e. The van der Waals surface area contributed by atoms with Crippen LogP contribution >= 0.6 is 0 Å². The molecule has 1 aromatic rings. The zero-order chi connectivity index (χ0) is 18.1. The maximum Gasteiger partial charge on any atom is 0.191 e. The first-order chi connectivity index (χ1) is 12.1. The van der Waals surface area contributed by atoms with E-state index in [1.807, 2.05) is 6.92 Å². The van der Waals surface area contributed by atoms with E-state index in [2.05, 4.69) is 40.7 Å². The molecule has 1 aliphatic rings. The highest BCUT2D eigenvalue weighted by atomic mass is 16.5. The number of hydrogen-bond acceptors (Lipinski definition) is 3. The van der Waals surface area contributed by atoms with Gasteiger partial charge in [-0.1, -0.05) is 31.4 Å². The summed E-state index contributed by atoms with van der Waals surface area (Å²) in [6.45, 7) is 6.17. The molecule has 140 valence electrons. The molecule has 0 atom stereocenters. The topological polar surface area (TPSA) is 65.9 Å². The Balaban J connectivity index is 1.87. The molecule has 0 saturated heterocycles. The number of aryl methyl sites for hydroxylation is 1. The highest BCUT2D eigenvalue weighted by Gasteiger charge is 2.28. The molecule has 3 N–H and O–H groups in total. The Morgan fingerprint density at radius 3 is 2.68 bits per heavy atom. The molecule has 1 fully saturated rings. The molecule has 0 amide bonds. The van der Waals surface area contributed by atoms with Crippen LogP contribution in [0.3, 0.4) is 0 Å². The van der Waals surface area contributed by atoms with Gasteiger partial charge in [-0.25, -0.2) is 0 Å². The summed E-state index contributed by atoms with van der Waals surface area (Å²) in [5.74, 6) is 1.71. The summed E-state index contributed by atoms with van der Waals surface area (Å²) in [4.78, 5) is 4.61. The van der Waals surface area contributed by atoms with E-state index in [4.69, 9.17) is 4.74 Å². The van der Waals surface area contributed by atoms with Gasteiger partial charge in [-0.3, -0.25) is 4.99 Å². The summed E-state index contributed by atoms with van der Waals surface area (Å²) in [5.41, 5.74) is 1.76. The van der Waals surface area contributed by atoms with Crippen molar-refractivity contribution >= 4 is 5.96 Å². The Morgan fingerprint density at radius 2 is 2.00 bits per heavy atom. The second-order valence-corrected chi connectivity index (χ2v) is 6.96. The van der Waals surface area contributed by atoms with Crippen LogP contribution in [-0.4, -0.2) is 43.4 Å². The number of hydrogen-bond donors (Lipinski definition) is 3. The van der Waals surface area contributed by atoms with Crippen LogP contribution in [-0.2, 0) is 6.42 Å². The summed E-state index contributed by atoms with van der Waals surface area (Å²) in [5, 5.41) is 17.2. The molecule has 1 aromatic carbocycles. The zero-order valence-electron chi connectivity index (χ0n) is 15.9. The van der Waals surface area contributed by atoms with Gasteiger partial charge in [0.05, 0.1) is 19.3 Å². The molecule has 1 aliphatic carbocycles. The number of methoxy groups -OCH3 is 1. The first-order valence-corrected chi connectivity index (χ1v) is 9.44. The van der Waals surface area contributed by atoms with E-state index < -0.39 is 5.60 Å². The minimum atomic E-state index is -0.620. The van der Waals surface area contributed by atoms with Gasteiger partial charge in [0.2, 0.25) is 0 Å². The number of nitrogens with zero attached hydrogens (tertiary/aromatic N) is 1. The van der Waals surface area contributed by atoms with Crippen LogP contribution in [0, 0.1) is 6.92 Å². The fourth-order valence-corrected chi connectivity index (χ4v) is 3.28. The predicted octanol–water partition coefficient (Wildman–Crippen LogP) is 2.80. The van der Waals surface area contributed by atoms with Gasteiger partial charge in [0.25, 0.3) is 0 Å². The van der Waals surface area contributed by atoms with Gasteiger partial charge in [-0.05, 0) is 50.3 Å². The monoisotopic (exact) mass is 347 g/mol. The van der Waals surface area contributed by atoms with Crippen LogP contribution in [0.15, 0.2) is 23.2 Å². The maximum absolute atomic E-state index is 10.6. The second kappa shape index (κ2) is 9.66. The molecule has 0 bridgehead atoms. The van der Waals surface area contributed by atoms with Gasteiger partial charge >= 0.3 is 0 Å². The van der Waals surface area contributed by atoms with Crippen molar-refractivity contribution in [2.75, 3.05) is 26.7 Å². The average molecular weight is 348 g/mol. The number of benzene rings is 1. The maximum atomic E-state index is 10.6. The smallest absolute Gasteiger partial charge is 0.191 e. The summed E-state index contributed by atoms with van der Waals surface area (Å²) in [6, 6.07) is 6.31. The molecule has 1 saturated carbocycles. The van der Waals surface area contributed by atoms with E-state index in [-0.39, 0.29) is 0 Å². The first-order valence-electron chi connectivity index (χ1n) is 9.44. The molecule has 0 radical (unpaired) electrons. The first kappa shape index (κ1) is 19.6. The Bertz CT molecular complexity index is 566. The van der Waals surface area contributed by atoms with Crippen molar-refractivity contribution in [2.45, 2.75) is 58.0 Å². The van der Waals surface area contributed by atoms with Gasteiger partial charge in [0.15, 0.2) is 5.96 Å². The lowest BCUT2D eigenvalue weighted by Gasteiger charge is -2.30. The van der Waals surface area contributed by atoms with Gasteiger partial charge in [0, 0.05) is 13.1 Å². The Hall–Kier alpha value is -1.75. The average Bonchev–Trinajstić information content (AvgIpc) is 2.62. The number of aliphatic hydroxyl groups is 1. The molecule has 5 heteroatoms. The molecule has 0 aromatic heterocycles. The van der Waals surface area contributed by atoms with Gasteiger partial charge in [-0.2, -0.15) is 0 Å². The Labute approximate surface area is 151 Å². The number of rotatable bonds is 7. The van der Waals surface area contributed by atoms with Crippen molar-refractivity contribution < 1.29 is 9.84 Å². The lowest BCUT2D eigenvalue weighted by Crippen LogP contribution is -2.41. The summed E-state index contributed by atoms with van der Waals surface area (Å²) < 4.78 is 5.38. The SMILES string of the molecule is CCNC(=NCC1(O)CCCCC1)NCCc1ccc(C)c(OC)c1. The van der Waals surface area contributed by atoms with E-state index in [0.717, 1.165) is 62.5 Å². The van der Waals surface area contributed by atoms with E-state index in [9.17, 15) is 5.11 Å². The van der Waals surface area contributed by atoms with Crippen molar-refractivity contribution in [1.82, 2.24) is 10.6 Å². The van der Waals surface area contributed by atoms with Crippen LogP contribution < -0.4 is 15.4 Å². The van der Waals surface area contributed by atoms with E-state index in [0.29, 0.717) is 6.54 Å². The van der Waals surface area contributed by atoms with E-state index in [1.54, 1.807) is 7.11 Å². The van der Waals surface area contributed by atoms with Crippen LogP contribution in [0.25, 0.3) is 0 Å². The molecule has 0 heterocycles. The number of ether oxygens (including phenoxy) is 1. The van der Waals surface area contributed by atoms with Crippen LogP contribution in [0.1, 0.15) is 50.2 Å². The van der Waals surface area contributed by atoms with Gasteiger partial charge < -0.3 is 20.5 Å². The summed E-state index contributed by atoms with van der Waals surface area (Å²) >= 11 is 0. The highest BCUT2D eigenvalue weighted by molar-refractivity contribution is 5.79. The quantitative estimate of drug-likeness (QED) is 0.524. The van der Waals surface area contributed by atoms with Crippen molar-refractivity contribution in [1.29, 1.82) is 0 Å². The van der Waals surface area contributed by atoms with Crippen molar-refractivity contribution in [2.24, 2.45) is 4.99 Å². The van der Waals surface area contributed by atoms with Crippen molar-refractivity contribution in [3.8, 4) is 5.75 Å². The van der Waals surface area contributed by atoms with Crippen LogP contribution in [0.5, 0.6) is 5.75 Å². The normalized spacial score (nSPS) is 17.2. The van der Waals surface area contributed by atoms with Crippen LogP contribution in [0.2, 0.25) is 0 Å². The molecular weight excluding hydrogens is 314 g/mol. The molecule has 0 spiro atoms. The largest absolute Gasteiger partial charge is 0.496 e. The predicted molar refractivity (Wildman–Crippen MR) is 103 cm³/mol. The number of aliphatic imine (C=N–C) groups is 1. The Morgan fingerprint density at radius 1 is 1.24 bits per heavy atom. The second-order valence-electron chi connectivity index (χ2n) is 6.96. The molecule has 2 rings (SSSR count). The van der Waals surface area contributed by atoms with Crippen molar-refractivity contribution in [3.05, 3.63) is 29.3 Å². The Kier molecular flexibility index (Phi) is 7.56. The fraction of sp³-hybridized carbons (Fsp3) is 0.650. The van der Waals surface area contributed by atoms with Gasteiger partial charge in [-0.15, -0.1) is 0 Å². The molecule has 0 unspecified atom stereocenters. The molecule has 0 aliphatic heterocycles. The third kappa shape index (κ3) is 6.24. The third-order valence-corrected chi connectivity index (χ3v) is 4.84. The molecular formula is C20H33N3O2. The summed E-state index contributed by atoms with van der Waals surface area (Å²) in [7, 11) is 1.70. The standard InChI is InChI=1S/C20H33N3O2/c1-4-21-19(23-15-20(24)11-6-5-7-12-20)22-13-10-17-9-8-16(2)18(14-17)25-3/h8-9,14,24H,4-7,10-13,15H2,1-3H3,(H2,21,22,23). The number of guanidine groups is 1. The zero-order valence-corrected chi connectivity index (χ0v) is 15.9. The van der Waals surface area contributed by atoms with Crippen LogP contribution in [0.4, 0.5) is 0 Å². The lowest BCUT2D eigenvalue weighted by atomic mass is 9.85. The van der Waals surface area contributed by atoms with E-state index >= 15 is 0 Å². The lowest BCUT2D eigenvalue weighted by molar-refractivity contribution is 0.0131. The number of nitrogens with one attached hydrogen (secondary N) is 2. The summed E-state index contributed by atoms with van der Waals surface area (Å²) in [6.07, 6.45) is 6.05.